The van der Waals surface area contributed by atoms with Crippen LogP contribution in [0.15, 0.2) is 24.3 Å². The maximum Gasteiger partial charge on any atom is 0.119 e. The van der Waals surface area contributed by atoms with Gasteiger partial charge in [-0.2, -0.15) is 0 Å². The van der Waals surface area contributed by atoms with Crippen LogP contribution in [0.5, 0.6) is 5.75 Å². The highest BCUT2D eigenvalue weighted by Gasteiger charge is 2.10. The normalized spacial score (nSPS) is 12.4. The topological polar surface area (TPSA) is 53.7 Å². The van der Waals surface area contributed by atoms with Gasteiger partial charge in [-0.1, -0.05) is 25.5 Å². The average Bonchev–Trinajstić information content (AvgIpc) is 2.46. The van der Waals surface area contributed by atoms with E-state index in [0.717, 1.165) is 30.8 Å². The van der Waals surface area contributed by atoms with Crippen molar-refractivity contribution in [2.24, 2.45) is 5.73 Å². The van der Waals surface area contributed by atoms with Crippen molar-refractivity contribution in [3.05, 3.63) is 29.8 Å². The van der Waals surface area contributed by atoms with Crippen LogP contribution in [0.1, 0.15) is 31.4 Å². The summed E-state index contributed by atoms with van der Waals surface area (Å²) in [6, 6.07) is 7.80. The average molecular weight is 267 g/mol. The monoisotopic (exact) mass is 267 g/mol. The van der Waals surface area contributed by atoms with Crippen molar-refractivity contribution in [3.63, 3.8) is 0 Å². The highest BCUT2D eigenvalue weighted by Crippen LogP contribution is 2.21. The van der Waals surface area contributed by atoms with E-state index in [1.165, 1.54) is 0 Å². The van der Waals surface area contributed by atoms with E-state index in [-0.39, 0.29) is 6.10 Å². The van der Waals surface area contributed by atoms with Gasteiger partial charge in [-0.15, -0.1) is 0 Å². The lowest BCUT2D eigenvalue weighted by Gasteiger charge is -2.17. The smallest absolute Gasteiger partial charge is 0.119 e. The summed E-state index contributed by atoms with van der Waals surface area (Å²) in [5.74, 6) is 0.818. The molecule has 0 fully saturated rings. The molecule has 1 unspecified atom stereocenters. The molecule has 1 aromatic rings. The van der Waals surface area contributed by atoms with Gasteiger partial charge in [0.05, 0.1) is 26.4 Å². The van der Waals surface area contributed by atoms with Crippen molar-refractivity contribution >= 4 is 0 Å². The Bertz CT molecular complexity index is 344. The Kier molecular flexibility index (Phi) is 8.21. The summed E-state index contributed by atoms with van der Waals surface area (Å²) in [5, 5.41) is 0. The number of hydrogen-bond acceptors (Lipinski definition) is 4. The Balaban J connectivity index is 2.35. The first-order valence-corrected chi connectivity index (χ1v) is 6.85. The van der Waals surface area contributed by atoms with Gasteiger partial charge in [0.1, 0.15) is 5.75 Å². The van der Waals surface area contributed by atoms with Crippen LogP contribution in [0, 0.1) is 0 Å². The van der Waals surface area contributed by atoms with Crippen LogP contribution in [-0.2, 0) is 9.47 Å². The highest BCUT2D eigenvalue weighted by molar-refractivity contribution is 5.30. The van der Waals surface area contributed by atoms with E-state index < -0.39 is 0 Å². The zero-order chi connectivity index (χ0) is 13.9. The minimum atomic E-state index is -0.107. The van der Waals surface area contributed by atoms with Gasteiger partial charge in [0.25, 0.3) is 0 Å². The summed E-state index contributed by atoms with van der Waals surface area (Å²) in [6.45, 7) is 4.56. The zero-order valence-corrected chi connectivity index (χ0v) is 11.9. The molecule has 108 valence electrons. The van der Waals surface area contributed by atoms with Gasteiger partial charge < -0.3 is 19.9 Å². The van der Waals surface area contributed by atoms with Crippen LogP contribution in [0.3, 0.4) is 0 Å². The van der Waals surface area contributed by atoms with Crippen molar-refractivity contribution < 1.29 is 14.2 Å². The van der Waals surface area contributed by atoms with Crippen LogP contribution < -0.4 is 10.5 Å². The molecule has 0 spiro atoms. The van der Waals surface area contributed by atoms with Crippen LogP contribution in [0.4, 0.5) is 0 Å². The minimum Gasteiger partial charge on any atom is -0.497 e. The van der Waals surface area contributed by atoms with Crippen LogP contribution in [0.25, 0.3) is 0 Å². The molecule has 0 amide bonds. The molecular formula is C15H25NO3. The quantitative estimate of drug-likeness (QED) is 0.662. The maximum absolute atomic E-state index is 5.75. The molecule has 0 aliphatic carbocycles. The summed E-state index contributed by atoms with van der Waals surface area (Å²) >= 11 is 0. The summed E-state index contributed by atoms with van der Waals surface area (Å²) in [6.07, 6.45) is 2.14. The first-order valence-electron chi connectivity index (χ1n) is 6.85. The Hall–Kier alpha value is -1.10. The molecule has 1 atom stereocenters. The molecule has 0 aliphatic heterocycles. The fourth-order valence-corrected chi connectivity index (χ4v) is 1.74. The predicted octanol–water partition coefficient (Wildman–Crippen LogP) is 2.53. The van der Waals surface area contributed by atoms with Gasteiger partial charge >= 0.3 is 0 Å². The van der Waals surface area contributed by atoms with Crippen molar-refractivity contribution in [1.29, 1.82) is 0 Å². The lowest BCUT2D eigenvalue weighted by molar-refractivity contribution is 0.00689. The van der Waals surface area contributed by atoms with Gasteiger partial charge in [-0.25, -0.2) is 0 Å². The lowest BCUT2D eigenvalue weighted by Crippen LogP contribution is -2.18. The third kappa shape index (κ3) is 6.05. The molecule has 0 heterocycles. The number of rotatable bonds is 10. The second kappa shape index (κ2) is 9.78. The number of benzene rings is 1. The van der Waals surface area contributed by atoms with Gasteiger partial charge in [0, 0.05) is 13.2 Å². The molecule has 1 aromatic carbocycles. The van der Waals surface area contributed by atoms with Crippen LogP contribution in [-0.4, -0.2) is 33.5 Å². The van der Waals surface area contributed by atoms with E-state index in [1.54, 1.807) is 7.11 Å². The van der Waals surface area contributed by atoms with Gasteiger partial charge in [-0.05, 0) is 24.1 Å². The van der Waals surface area contributed by atoms with E-state index in [4.69, 9.17) is 19.9 Å². The second-order valence-corrected chi connectivity index (χ2v) is 4.34. The van der Waals surface area contributed by atoms with Crippen molar-refractivity contribution in [2.45, 2.75) is 25.9 Å². The lowest BCUT2D eigenvalue weighted by atomic mass is 10.1. The molecule has 0 bridgehead atoms. The molecule has 2 N–H and O–H groups in total. The van der Waals surface area contributed by atoms with Crippen molar-refractivity contribution in [1.82, 2.24) is 0 Å². The number of hydrogen-bond donors (Lipinski definition) is 1. The molecule has 0 aliphatic rings. The number of unbranched alkanes of at least 4 members (excludes halogenated alkanes) is 1. The minimum absolute atomic E-state index is 0.107. The van der Waals surface area contributed by atoms with E-state index >= 15 is 0 Å². The van der Waals surface area contributed by atoms with E-state index in [9.17, 15) is 0 Å². The molecule has 0 saturated heterocycles. The first-order chi connectivity index (χ1) is 9.31. The molecule has 0 saturated carbocycles. The predicted molar refractivity (Wildman–Crippen MR) is 76.5 cm³/mol. The van der Waals surface area contributed by atoms with E-state index in [2.05, 4.69) is 6.92 Å². The summed E-state index contributed by atoms with van der Waals surface area (Å²) in [5.41, 5.74) is 6.79. The largest absolute Gasteiger partial charge is 0.497 e. The van der Waals surface area contributed by atoms with Crippen LogP contribution in [0.2, 0.25) is 0 Å². The maximum atomic E-state index is 5.75. The SMILES string of the molecule is CCCCOCCOC(CN)c1cccc(OC)c1. The number of methoxy groups -OCH3 is 1. The fraction of sp³-hybridized carbons (Fsp3) is 0.600. The van der Waals surface area contributed by atoms with Crippen molar-refractivity contribution in [3.8, 4) is 5.75 Å². The fourth-order valence-electron chi connectivity index (χ4n) is 1.74. The molecule has 4 nitrogen and oxygen atoms in total. The summed E-state index contributed by atoms with van der Waals surface area (Å²) < 4.78 is 16.4. The third-order valence-electron chi connectivity index (χ3n) is 2.87. The summed E-state index contributed by atoms with van der Waals surface area (Å²) in [7, 11) is 1.65. The van der Waals surface area contributed by atoms with Crippen LogP contribution >= 0.6 is 0 Å². The standard InChI is InChI=1S/C15H25NO3/c1-3-4-8-18-9-10-19-15(12-16)13-6-5-7-14(11-13)17-2/h5-7,11,15H,3-4,8-10,12,16H2,1-2H3. The van der Waals surface area contributed by atoms with Gasteiger partial charge in [0.15, 0.2) is 0 Å². The van der Waals surface area contributed by atoms with E-state index in [1.807, 2.05) is 24.3 Å². The Morgan fingerprint density at radius 2 is 2.05 bits per heavy atom. The molecular weight excluding hydrogens is 242 g/mol. The Labute approximate surface area is 115 Å². The molecule has 0 aromatic heterocycles. The van der Waals surface area contributed by atoms with Gasteiger partial charge in [0.2, 0.25) is 0 Å². The Morgan fingerprint density at radius 3 is 2.74 bits per heavy atom. The second-order valence-electron chi connectivity index (χ2n) is 4.34. The van der Waals surface area contributed by atoms with E-state index in [0.29, 0.717) is 19.8 Å². The third-order valence-corrected chi connectivity index (χ3v) is 2.87. The molecule has 19 heavy (non-hydrogen) atoms. The van der Waals surface area contributed by atoms with Crippen molar-refractivity contribution in [2.75, 3.05) is 33.5 Å². The zero-order valence-electron chi connectivity index (χ0n) is 11.9. The Morgan fingerprint density at radius 1 is 1.21 bits per heavy atom. The molecule has 4 heteroatoms. The first kappa shape index (κ1) is 16.0. The molecule has 1 rings (SSSR count). The number of nitrogens with two attached hydrogens (primary N) is 1. The number of ether oxygens (including phenoxy) is 3. The summed E-state index contributed by atoms with van der Waals surface area (Å²) in [4.78, 5) is 0. The van der Waals surface area contributed by atoms with Gasteiger partial charge in [-0.3, -0.25) is 0 Å². The molecule has 0 radical (unpaired) electrons. The highest BCUT2D eigenvalue weighted by atomic mass is 16.5.